The van der Waals surface area contributed by atoms with E-state index in [1.54, 1.807) is 18.2 Å². The van der Waals surface area contributed by atoms with Gasteiger partial charge in [0.2, 0.25) is 0 Å². The summed E-state index contributed by atoms with van der Waals surface area (Å²) in [6.45, 7) is 0. The molecule has 92 valence electrons. The van der Waals surface area contributed by atoms with Gasteiger partial charge in [0, 0.05) is 5.92 Å². The molecule has 2 fully saturated rings. The van der Waals surface area contributed by atoms with Crippen LogP contribution in [0.2, 0.25) is 0 Å². The highest BCUT2D eigenvalue weighted by Gasteiger charge is 2.55. The zero-order valence-corrected chi connectivity index (χ0v) is 9.80. The third kappa shape index (κ3) is 1.32. The molecule has 4 rings (SSSR count). The van der Waals surface area contributed by atoms with E-state index in [1.165, 1.54) is 19.3 Å². The fraction of sp³-hybridized carbons (Fsp3) is 0.429. The molecule has 0 amide bonds. The maximum atomic E-state index is 10.9. The van der Waals surface area contributed by atoms with Crippen LogP contribution in [0.3, 0.4) is 0 Å². The minimum atomic E-state index is -0.926. The Morgan fingerprint density at radius 1 is 1.33 bits per heavy atom. The Bertz CT molecular complexity index is 636. The molecule has 0 radical (unpaired) electrons. The van der Waals surface area contributed by atoms with Crippen LogP contribution >= 0.6 is 0 Å². The molecule has 2 aliphatic rings. The van der Waals surface area contributed by atoms with Gasteiger partial charge < -0.3 is 9.52 Å². The summed E-state index contributed by atoms with van der Waals surface area (Å²) in [7, 11) is 0. The zero-order chi connectivity index (χ0) is 12.3. The van der Waals surface area contributed by atoms with Crippen LogP contribution in [0.1, 0.15) is 41.4 Å². The van der Waals surface area contributed by atoms with E-state index in [1.807, 2.05) is 0 Å². The van der Waals surface area contributed by atoms with Gasteiger partial charge >= 0.3 is 5.97 Å². The topological polar surface area (TPSA) is 63.3 Å². The van der Waals surface area contributed by atoms with E-state index in [9.17, 15) is 4.79 Å². The molecule has 1 N–H and O–H groups in total. The van der Waals surface area contributed by atoms with E-state index in [0.717, 1.165) is 17.7 Å². The molecule has 0 spiro atoms. The van der Waals surface area contributed by atoms with Gasteiger partial charge in [-0.2, -0.15) is 0 Å². The first kappa shape index (κ1) is 10.1. The first-order valence-electron chi connectivity index (χ1n) is 6.38. The summed E-state index contributed by atoms with van der Waals surface area (Å²) >= 11 is 0. The van der Waals surface area contributed by atoms with Gasteiger partial charge in [-0.3, -0.25) is 0 Å². The largest absolute Gasteiger partial charge is 0.478 e. The molecule has 0 bridgehead atoms. The van der Waals surface area contributed by atoms with Crippen molar-refractivity contribution in [2.75, 3.05) is 0 Å². The SMILES string of the molecule is O=C(O)c1ccc2oc(C3C4CCCC43)nc2c1. The maximum absolute atomic E-state index is 10.9. The molecule has 2 aliphatic carbocycles. The van der Waals surface area contributed by atoms with Crippen molar-refractivity contribution in [2.45, 2.75) is 25.2 Å². The van der Waals surface area contributed by atoms with E-state index in [4.69, 9.17) is 9.52 Å². The minimum absolute atomic E-state index is 0.262. The predicted octanol–water partition coefficient (Wildman–Crippen LogP) is 3.04. The van der Waals surface area contributed by atoms with Crippen LogP contribution in [0.25, 0.3) is 11.1 Å². The number of carboxylic acids is 1. The third-order valence-corrected chi connectivity index (χ3v) is 4.34. The quantitative estimate of drug-likeness (QED) is 0.880. The van der Waals surface area contributed by atoms with Gasteiger partial charge in [-0.1, -0.05) is 6.42 Å². The molecule has 4 heteroatoms. The van der Waals surface area contributed by atoms with Crippen LogP contribution in [0.5, 0.6) is 0 Å². The molecule has 2 aromatic rings. The fourth-order valence-corrected chi connectivity index (χ4v) is 3.41. The highest BCUT2D eigenvalue weighted by atomic mass is 16.4. The molecule has 2 unspecified atom stereocenters. The fourth-order valence-electron chi connectivity index (χ4n) is 3.41. The summed E-state index contributed by atoms with van der Waals surface area (Å²) in [5.41, 5.74) is 1.62. The van der Waals surface area contributed by atoms with E-state index in [2.05, 4.69) is 4.98 Å². The van der Waals surface area contributed by atoms with Crippen molar-refractivity contribution in [2.24, 2.45) is 11.8 Å². The second kappa shape index (κ2) is 3.34. The Morgan fingerprint density at radius 2 is 2.11 bits per heavy atom. The summed E-state index contributed by atoms with van der Waals surface area (Å²) in [6, 6.07) is 4.85. The smallest absolute Gasteiger partial charge is 0.335 e. The lowest BCUT2D eigenvalue weighted by Gasteiger charge is -1.95. The van der Waals surface area contributed by atoms with E-state index in [0.29, 0.717) is 17.0 Å². The second-order valence-corrected chi connectivity index (χ2v) is 5.32. The summed E-state index contributed by atoms with van der Waals surface area (Å²) in [5.74, 6) is 1.89. The zero-order valence-electron chi connectivity index (χ0n) is 9.80. The Labute approximate surface area is 104 Å². The molecule has 2 atom stereocenters. The number of benzene rings is 1. The molecular formula is C14H13NO3. The second-order valence-electron chi connectivity index (χ2n) is 5.32. The van der Waals surface area contributed by atoms with Gasteiger partial charge in [0.1, 0.15) is 5.52 Å². The Morgan fingerprint density at radius 3 is 2.83 bits per heavy atom. The maximum Gasteiger partial charge on any atom is 0.335 e. The molecule has 4 nitrogen and oxygen atoms in total. The standard InChI is InChI=1S/C14H13NO3/c16-14(17)7-4-5-11-10(6-7)15-13(18-11)12-8-2-1-3-9(8)12/h4-6,8-9,12H,1-3H2,(H,16,17). The van der Waals surface area contributed by atoms with Gasteiger partial charge in [0.15, 0.2) is 11.5 Å². The molecule has 1 aromatic carbocycles. The Balaban J connectivity index is 1.73. The van der Waals surface area contributed by atoms with Crippen LogP contribution in [0.4, 0.5) is 0 Å². The number of aromatic nitrogens is 1. The lowest BCUT2D eigenvalue weighted by atomic mass is 10.1. The van der Waals surface area contributed by atoms with E-state index >= 15 is 0 Å². The average Bonchev–Trinajstić information content (AvgIpc) is 2.78. The Hall–Kier alpha value is -1.84. The number of hydrogen-bond donors (Lipinski definition) is 1. The lowest BCUT2D eigenvalue weighted by molar-refractivity contribution is 0.0697. The van der Waals surface area contributed by atoms with Crippen molar-refractivity contribution in [3.63, 3.8) is 0 Å². The number of rotatable bonds is 2. The van der Waals surface area contributed by atoms with Crippen molar-refractivity contribution in [1.29, 1.82) is 0 Å². The molecule has 0 saturated heterocycles. The van der Waals surface area contributed by atoms with Crippen LogP contribution in [-0.4, -0.2) is 16.1 Å². The molecule has 18 heavy (non-hydrogen) atoms. The van der Waals surface area contributed by atoms with Crippen molar-refractivity contribution in [3.05, 3.63) is 29.7 Å². The number of oxazole rings is 1. The average molecular weight is 243 g/mol. The molecule has 1 aromatic heterocycles. The molecule has 2 saturated carbocycles. The lowest BCUT2D eigenvalue weighted by Crippen LogP contribution is -1.94. The summed E-state index contributed by atoms with van der Waals surface area (Å²) in [5, 5.41) is 8.95. The number of carboxylic acid groups (broad SMARTS) is 1. The highest BCUT2D eigenvalue weighted by molar-refractivity contribution is 5.91. The Kier molecular flexibility index (Phi) is 1.88. The third-order valence-electron chi connectivity index (χ3n) is 4.34. The van der Waals surface area contributed by atoms with Crippen molar-refractivity contribution in [3.8, 4) is 0 Å². The predicted molar refractivity (Wildman–Crippen MR) is 64.5 cm³/mol. The number of aromatic carboxylic acids is 1. The molecule has 1 heterocycles. The van der Waals surface area contributed by atoms with E-state index in [-0.39, 0.29) is 5.56 Å². The normalized spacial score (nSPS) is 29.4. The van der Waals surface area contributed by atoms with Crippen molar-refractivity contribution < 1.29 is 14.3 Å². The first-order chi connectivity index (χ1) is 8.74. The van der Waals surface area contributed by atoms with E-state index < -0.39 is 5.97 Å². The van der Waals surface area contributed by atoms with Crippen LogP contribution in [0.15, 0.2) is 22.6 Å². The van der Waals surface area contributed by atoms with Crippen LogP contribution in [0, 0.1) is 11.8 Å². The van der Waals surface area contributed by atoms with Gasteiger partial charge in [-0.15, -0.1) is 0 Å². The van der Waals surface area contributed by atoms with Gasteiger partial charge in [0.05, 0.1) is 5.56 Å². The minimum Gasteiger partial charge on any atom is -0.478 e. The van der Waals surface area contributed by atoms with Crippen molar-refractivity contribution in [1.82, 2.24) is 4.98 Å². The molecule has 0 aliphatic heterocycles. The van der Waals surface area contributed by atoms with Crippen molar-refractivity contribution >= 4 is 17.1 Å². The summed E-state index contributed by atoms with van der Waals surface area (Å²) in [6.07, 6.45) is 3.90. The first-order valence-corrected chi connectivity index (χ1v) is 6.38. The summed E-state index contributed by atoms with van der Waals surface area (Å²) in [4.78, 5) is 15.4. The van der Waals surface area contributed by atoms with Crippen LogP contribution in [-0.2, 0) is 0 Å². The number of fused-ring (bicyclic) bond motifs is 2. The van der Waals surface area contributed by atoms with Gasteiger partial charge in [-0.25, -0.2) is 9.78 Å². The number of hydrogen-bond acceptors (Lipinski definition) is 3. The number of nitrogens with zero attached hydrogens (tertiary/aromatic N) is 1. The van der Waals surface area contributed by atoms with Gasteiger partial charge in [-0.05, 0) is 42.9 Å². The summed E-state index contributed by atoms with van der Waals surface area (Å²) < 4.78 is 5.76. The molecular weight excluding hydrogens is 230 g/mol. The monoisotopic (exact) mass is 243 g/mol. The van der Waals surface area contributed by atoms with Crippen LogP contribution < -0.4 is 0 Å². The highest BCUT2D eigenvalue weighted by Crippen LogP contribution is 2.62. The number of carbonyl (C=O) groups is 1. The van der Waals surface area contributed by atoms with Gasteiger partial charge in [0.25, 0.3) is 0 Å².